The molecule has 3 rings (SSSR count). The third-order valence-corrected chi connectivity index (χ3v) is 4.90. The molecule has 0 radical (unpaired) electrons. The van der Waals surface area contributed by atoms with Gasteiger partial charge in [-0.05, 0) is 82.7 Å². The SMILES string of the molecule is COc1ccc(C(=O)NC(=S)Nc2ccc(NC(=O)c3ccccc3)cc2)cc1Br. The summed E-state index contributed by atoms with van der Waals surface area (Å²) in [4.78, 5) is 24.6. The molecule has 0 saturated heterocycles. The summed E-state index contributed by atoms with van der Waals surface area (Å²) in [6.45, 7) is 0. The highest BCUT2D eigenvalue weighted by molar-refractivity contribution is 9.10. The maximum absolute atomic E-state index is 12.4. The number of ether oxygens (including phenoxy) is 1. The molecular formula is C22H18BrN3O3S. The fourth-order valence-electron chi connectivity index (χ4n) is 2.57. The number of nitrogens with one attached hydrogen (secondary N) is 3. The van der Waals surface area contributed by atoms with E-state index in [0.717, 1.165) is 0 Å². The molecule has 0 saturated carbocycles. The number of benzene rings is 3. The molecule has 6 nitrogen and oxygen atoms in total. The van der Waals surface area contributed by atoms with Crippen LogP contribution < -0.4 is 20.7 Å². The third kappa shape index (κ3) is 5.65. The number of hydrogen-bond donors (Lipinski definition) is 3. The van der Waals surface area contributed by atoms with Gasteiger partial charge in [0, 0.05) is 22.5 Å². The van der Waals surface area contributed by atoms with E-state index in [2.05, 4.69) is 31.9 Å². The minimum absolute atomic E-state index is 0.160. The molecule has 0 unspecified atom stereocenters. The number of anilines is 2. The van der Waals surface area contributed by atoms with Gasteiger partial charge < -0.3 is 15.4 Å². The lowest BCUT2D eigenvalue weighted by Gasteiger charge is -2.11. The molecule has 0 aliphatic rings. The molecular weight excluding hydrogens is 466 g/mol. The Morgan fingerprint density at radius 1 is 0.833 bits per heavy atom. The minimum atomic E-state index is -0.345. The van der Waals surface area contributed by atoms with Gasteiger partial charge in [-0.2, -0.15) is 0 Å². The highest BCUT2D eigenvalue weighted by Crippen LogP contribution is 2.25. The van der Waals surface area contributed by atoms with Crippen molar-refractivity contribution >= 4 is 56.4 Å². The van der Waals surface area contributed by atoms with E-state index in [-0.39, 0.29) is 16.9 Å². The number of thiocarbonyl (C=S) groups is 1. The zero-order chi connectivity index (χ0) is 21.5. The van der Waals surface area contributed by atoms with E-state index in [1.165, 1.54) is 0 Å². The van der Waals surface area contributed by atoms with Crippen LogP contribution >= 0.6 is 28.1 Å². The van der Waals surface area contributed by atoms with E-state index < -0.39 is 0 Å². The summed E-state index contributed by atoms with van der Waals surface area (Å²) >= 11 is 8.56. The van der Waals surface area contributed by atoms with Gasteiger partial charge in [0.15, 0.2) is 5.11 Å². The second kappa shape index (κ2) is 10.00. The smallest absolute Gasteiger partial charge is 0.257 e. The molecule has 0 aliphatic carbocycles. The van der Waals surface area contributed by atoms with Crippen molar-refractivity contribution in [1.82, 2.24) is 5.32 Å². The maximum Gasteiger partial charge on any atom is 0.257 e. The monoisotopic (exact) mass is 483 g/mol. The molecule has 152 valence electrons. The Kier molecular flexibility index (Phi) is 7.16. The number of carbonyl (C=O) groups excluding carboxylic acids is 2. The van der Waals surface area contributed by atoms with Crippen LogP contribution in [-0.2, 0) is 0 Å². The molecule has 30 heavy (non-hydrogen) atoms. The number of methoxy groups -OCH3 is 1. The Morgan fingerprint density at radius 3 is 2.07 bits per heavy atom. The highest BCUT2D eigenvalue weighted by atomic mass is 79.9. The first-order valence-corrected chi connectivity index (χ1v) is 10.1. The largest absolute Gasteiger partial charge is 0.496 e. The normalized spacial score (nSPS) is 10.1. The summed E-state index contributed by atoms with van der Waals surface area (Å²) in [5.74, 6) is 0.0963. The Bertz CT molecular complexity index is 1070. The second-order valence-electron chi connectivity index (χ2n) is 6.16. The molecule has 3 aromatic rings. The first kappa shape index (κ1) is 21.5. The quantitative estimate of drug-likeness (QED) is 0.452. The number of rotatable bonds is 5. The number of hydrogen-bond acceptors (Lipinski definition) is 4. The molecule has 3 N–H and O–H groups in total. The first-order chi connectivity index (χ1) is 14.5. The average Bonchev–Trinajstić information content (AvgIpc) is 2.75. The van der Waals surface area contributed by atoms with Gasteiger partial charge in [0.05, 0.1) is 11.6 Å². The van der Waals surface area contributed by atoms with Crippen LogP contribution in [0, 0.1) is 0 Å². The molecule has 0 bridgehead atoms. The van der Waals surface area contributed by atoms with Gasteiger partial charge in [-0.15, -0.1) is 0 Å². The molecule has 0 heterocycles. The summed E-state index contributed by atoms with van der Waals surface area (Å²) < 4.78 is 5.83. The van der Waals surface area contributed by atoms with Crippen molar-refractivity contribution in [2.75, 3.05) is 17.7 Å². The standard InChI is InChI=1S/C22H18BrN3O3S/c1-29-19-12-7-15(13-18(19)23)21(28)26-22(30)25-17-10-8-16(9-11-17)24-20(27)14-5-3-2-4-6-14/h2-13H,1H3,(H,24,27)(H2,25,26,28,30). The van der Waals surface area contributed by atoms with Crippen molar-refractivity contribution < 1.29 is 14.3 Å². The summed E-state index contributed by atoms with van der Waals surface area (Å²) in [5.41, 5.74) is 2.33. The Morgan fingerprint density at radius 2 is 1.47 bits per heavy atom. The van der Waals surface area contributed by atoms with Crippen LogP contribution in [0.3, 0.4) is 0 Å². The number of halogens is 1. The highest BCUT2D eigenvalue weighted by Gasteiger charge is 2.11. The lowest BCUT2D eigenvalue weighted by Crippen LogP contribution is -2.34. The van der Waals surface area contributed by atoms with Crippen LogP contribution in [0.2, 0.25) is 0 Å². The fourth-order valence-corrected chi connectivity index (χ4v) is 3.33. The summed E-state index contributed by atoms with van der Waals surface area (Å²) in [6.07, 6.45) is 0. The molecule has 0 spiro atoms. The van der Waals surface area contributed by atoms with Crippen LogP contribution in [0.15, 0.2) is 77.3 Å². The van der Waals surface area contributed by atoms with Gasteiger partial charge in [0.2, 0.25) is 0 Å². The van der Waals surface area contributed by atoms with Crippen LogP contribution in [0.4, 0.5) is 11.4 Å². The molecule has 0 aliphatic heterocycles. The van der Waals surface area contributed by atoms with Gasteiger partial charge in [-0.1, -0.05) is 18.2 Å². The van der Waals surface area contributed by atoms with Crippen molar-refractivity contribution in [3.8, 4) is 5.75 Å². The van der Waals surface area contributed by atoms with E-state index in [9.17, 15) is 9.59 Å². The van der Waals surface area contributed by atoms with Crippen LogP contribution in [0.25, 0.3) is 0 Å². The van der Waals surface area contributed by atoms with Gasteiger partial charge in [0.25, 0.3) is 11.8 Å². The van der Waals surface area contributed by atoms with Crippen LogP contribution in [0.5, 0.6) is 5.75 Å². The third-order valence-electron chi connectivity index (χ3n) is 4.08. The summed E-state index contributed by atoms with van der Waals surface area (Å²) in [7, 11) is 1.55. The second-order valence-corrected chi connectivity index (χ2v) is 7.42. The van der Waals surface area contributed by atoms with E-state index in [1.54, 1.807) is 61.7 Å². The molecule has 0 atom stereocenters. The van der Waals surface area contributed by atoms with Gasteiger partial charge in [-0.25, -0.2) is 0 Å². The minimum Gasteiger partial charge on any atom is -0.496 e. The zero-order valence-electron chi connectivity index (χ0n) is 15.9. The number of carbonyl (C=O) groups is 2. The topological polar surface area (TPSA) is 79.5 Å². The van der Waals surface area contributed by atoms with Crippen molar-refractivity contribution in [3.05, 3.63) is 88.4 Å². The molecule has 2 amide bonds. The van der Waals surface area contributed by atoms with Crippen LogP contribution in [0.1, 0.15) is 20.7 Å². The van der Waals surface area contributed by atoms with Crippen molar-refractivity contribution in [2.24, 2.45) is 0 Å². The van der Waals surface area contributed by atoms with E-state index in [0.29, 0.717) is 32.7 Å². The predicted molar refractivity (Wildman–Crippen MR) is 125 cm³/mol. The molecule has 8 heteroatoms. The van der Waals surface area contributed by atoms with Gasteiger partial charge in [-0.3, -0.25) is 14.9 Å². The van der Waals surface area contributed by atoms with E-state index in [1.807, 2.05) is 18.2 Å². The Labute approximate surface area is 187 Å². The van der Waals surface area contributed by atoms with Crippen molar-refractivity contribution in [2.45, 2.75) is 0 Å². The molecule has 0 aromatic heterocycles. The lowest BCUT2D eigenvalue weighted by molar-refractivity contribution is 0.0976. The fraction of sp³-hybridized carbons (Fsp3) is 0.0455. The Balaban J connectivity index is 1.56. The van der Waals surface area contributed by atoms with E-state index >= 15 is 0 Å². The molecule has 3 aromatic carbocycles. The lowest BCUT2D eigenvalue weighted by atomic mass is 10.2. The average molecular weight is 484 g/mol. The summed E-state index contributed by atoms with van der Waals surface area (Å²) in [6, 6.07) is 20.9. The zero-order valence-corrected chi connectivity index (χ0v) is 18.3. The van der Waals surface area contributed by atoms with E-state index in [4.69, 9.17) is 17.0 Å². The Hall–Kier alpha value is -3.23. The maximum atomic E-state index is 12.4. The van der Waals surface area contributed by atoms with Gasteiger partial charge in [0.1, 0.15) is 5.75 Å². The molecule has 0 fully saturated rings. The van der Waals surface area contributed by atoms with Gasteiger partial charge >= 0.3 is 0 Å². The first-order valence-electron chi connectivity index (χ1n) is 8.88. The van der Waals surface area contributed by atoms with Crippen LogP contribution in [-0.4, -0.2) is 24.0 Å². The number of amides is 2. The van der Waals surface area contributed by atoms with Crippen molar-refractivity contribution in [3.63, 3.8) is 0 Å². The predicted octanol–water partition coefficient (Wildman–Crippen LogP) is 4.84. The summed E-state index contributed by atoms with van der Waals surface area (Å²) in [5, 5.41) is 8.55. The van der Waals surface area contributed by atoms with Crippen molar-refractivity contribution in [1.29, 1.82) is 0 Å².